The first-order valence-electron chi connectivity index (χ1n) is 6.69. The fourth-order valence-corrected chi connectivity index (χ4v) is 3.75. The summed E-state index contributed by atoms with van der Waals surface area (Å²) in [4.78, 5) is 7.56. The zero-order valence-electron chi connectivity index (χ0n) is 11.8. The van der Waals surface area contributed by atoms with Gasteiger partial charge in [0.2, 0.25) is 0 Å². The number of thiophene rings is 1. The third-order valence-electron chi connectivity index (χ3n) is 4.14. The van der Waals surface area contributed by atoms with Crippen LogP contribution in [-0.4, -0.2) is 43.0 Å². The van der Waals surface area contributed by atoms with E-state index in [0.29, 0.717) is 12.1 Å². The summed E-state index contributed by atoms with van der Waals surface area (Å²) in [6.07, 6.45) is 4.05. The Bertz CT molecular complexity index is 382. The molecule has 0 spiro atoms. The number of hydrogen-bond acceptors (Lipinski definition) is 4. The molecule has 18 heavy (non-hydrogen) atoms. The predicted molar refractivity (Wildman–Crippen MR) is 78.8 cm³/mol. The van der Waals surface area contributed by atoms with Crippen molar-refractivity contribution < 1.29 is 0 Å². The summed E-state index contributed by atoms with van der Waals surface area (Å²) in [7, 11) is 6.65. The topological polar surface area (TPSA) is 32.5 Å². The van der Waals surface area contributed by atoms with Crippen LogP contribution in [0.2, 0.25) is 0 Å². The van der Waals surface area contributed by atoms with E-state index in [9.17, 15) is 0 Å². The van der Waals surface area contributed by atoms with Crippen molar-refractivity contribution in [1.82, 2.24) is 9.80 Å². The molecule has 1 heterocycles. The minimum atomic E-state index is 0.419. The molecule has 3 nitrogen and oxygen atoms in total. The van der Waals surface area contributed by atoms with E-state index in [1.54, 1.807) is 0 Å². The zero-order valence-corrected chi connectivity index (χ0v) is 12.6. The molecule has 0 aliphatic heterocycles. The van der Waals surface area contributed by atoms with E-state index in [0.717, 1.165) is 13.1 Å². The van der Waals surface area contributed by atoms with Gasteiger partial charge < -0.3 is 10.6 Å². The Morgan fingerprint density at radius 1 is 1.22 bits per heavy atom. The minimum absolute atomic E-state index is 0.419. The molecule has 0 bridgehead atoms. The SMILES string of the molecule is CN(Cc1ccc(CN)s1)CC1(N(C)C)CCC1. The van der Waals surface area contributed by atoms with E-state index in [1.165, 1.54) is 29.0 Å². The number of nitrogens with two attached hydrogens (primary N) is 1. The molecule has 1 saturated carbocycles. The fraction of sp³-hybridized carbons (Fsp3) is 0.714. The second-order valence-electron chi connectivity index (χ2n) is 5.72. The van der Waals surface area contributed by atoms with Crippen LogP contribution in [-0.2, 0) is 13.1 Å². The fourth-order valence-electron chi connectivity index (χ4n) is 2.77. The maximum absolute atomic E-state index is 5.66. The standard InChI is InChI=1S/C14H25N3S/c1-16(2)14(7-4-8-14)11-17(3)10-13-6-5-12(9-15)18-13/h5-6H,4,7-11,15H2,1-3H3. The van der Waals surface area contributed by atoms with E-state index >= 15 is 0 Å². The van der Waals surface area contributed by atoms with Gasteiger partial charge in [-0.15, -0.1) is 11.3 Å². The molecule has 1 fully saturated rings. The molecule has 1 aromatic heterocycles. The average Bonchev–Trinajstić information content (AvgIpc) is 2.70. The molecule has 1 aliphatic rings. The van der Waals surface area contributed by atoms with Crippen molar-refractivity contribution in [1.29, 1.82) is 0 Å². The van der Waals surface area contributed by atoms with E-state index in [1.807, 2.05) is 11.3 Å². The van der Waals surface area contributed by atoms with Crippen LogP contribution < -0.4 is 5.73 Å². The zero-order chi connectivity index (χ0) is 13.2. The molecule has 0 aromatic carbocycles. The second-order valence-corrected chi connectivity index (χ2v) is 6.97. The largest absolute Gasteiger partial charge is 0.326 e. The van der Waals surface area contributed by atoms with Crippen molar-refractivity contribution in [3.63, 3.8) is 0 Å². The van der Waals surface area contributed by atoms with Gasteiger partial charge in [-0.2, -0.15) is 0 Å². The van der Waals surface area contributed by atoms with Gasteiger partial charge in [0.15, 0.2) is 0 Å². The van der Waals surface area contributed by atoms with E-state index in [-0.39, 0.29) is 0 Å². The third-order valence-corrected chi connectivity index (χ3v) is 5.23. The lowest BCUT2D eigenvalue weighted by molar-refractivity contribution is 0.0261. The lowest BCUT2D eigenvalue weighted by Gasteiger charge is -2.49. The third kappa shape index (κ3) is 2.94. The van der Waals surface area contributed by atoms with Crippen LogP contribution in [0.3, 0.4) is 0 Å². The van der Waals surface area contributed by atoms with Gasteiger partial charge >= 0.3 is 0 Å². The average molecular weight is 267 g/mol. The van der Waals surface area contributed by atoms with Crippen LogP contribution in [0.5, 0.6) is 0 Å². The Hall–Kier alpha value is -0.420. The molecule has 2 rings (SSSR count). The molecule has 0 saturated heterocycles. The summed E-state index contributed by atoms with van der Waals surface area (Å²) in [6, 6.07) is 4.37. The summed E-state index contributed by atoms with van der Waals surface area (Å²) in [5.74, 6) is 0. The van der Waals surface area contributed by atoms with Gasteiger partial charge in [-0.25, -0.2) is 0 Å². The lowest BCUT2D eigenvalue weighted by Crippen LogP contribution is -2.56. The van der Waals surface area contributed by atoms with Gasteiger partial charge in [-0.05, 0) is 52.5 Å². The van der Waals surface area contributed by atoms with Gasteiger partial charge in [0.1, 0.15) is 0 Å². The summed E-state index contributed by atoms with van der Waals surface area (Å²) >= 11 is 1.84. The Labute approximate surface area is 115 Å². The molecule has 4 heteroatoms. The maximum Gasteiger partial charge on any atom is 0.0330 e. The van der Waals surface area contributed by atoms with Gasteiger partial charge in [0.05, 0.1) is 0 Å². The van der Waals surface area contributed by atoms with Crippen molar-refractivity contribution in [2.24, 2.45) is 5.73 Å². The highest BCUT2D eigenvalue weighted by Gasteiger charge is 2.39. The smallest absolute Gasteiger partial charge is 0.0330 e. The summed E-state index contributed by atoms with van der Waals surface area (Å²) in [6.45, 7) is 2.87. The Morgan fingerprint density at radius 3 is 2.33 bits per heavy atom. The van der Waals surface area contributed by atoms with Crippen molar-refractivity contribution in [2.75, 3.05) is 27.7 Å². The molecule has 2 N–H and O–H groups in total. The summed E-state index contributed by atoms with van der Waals surface area (Å²) in [5, 5.41) is 0. The lowest BCUT2D eigenvalue weighted by atomic mass is 9.75. The first-order chi connectivity index (χ1) is 8.55. The molecule has 0 amide bonds. The molecule has 0 atom stereocenters. The monoisotopic (exact) mass is 267 g/mol. The van der Waals surface area contributed by atoms with Gasteiger partial charge in [0.25, 0.3) is 0 Å². The van der Waals surface area contributed by atoms with E-state index < -0.39 is 0 Å². The van der Waals surface area contributed by atoms with Crippen LogP contribution in [0.1, 0.15) is 29.0 Å². The first kappa shape index (κ1) is 14.0. The quantitative estimate of drug-likeness (QED) is 0.857. The van der Waals surface area contributed by atoms with Crippen molar-refractivity contribution >= 4 is 11.3 Å². The molecule has 102 valence electrons. The highest BCUT2D eigenvalue weighted by Crippen LogP contribution is 2.36. The molecule has 1 aromatic rings. The summed E-state index contributed by atoms with van der Waals surface area (Å²) in [5.41, 5.74) is 6.08. The van der Waals surface area contributed by atoms with E-state index in [2.05, 4.69) is 43.1 Å². The van der Waals surface area contributed by atoms with E-state index in [4.69, 9.17) is 5.73 Å². The maximum atomic E-state index is 5.66. The van der Waals surface area contributed by atoms with Crippen LogP contribution in [0.15, 0.2) is 12.1 Å². The van der Waals surface area contributed by atoms with Gasteiger partial charge in [0, 0.05) is 34.9 Å². The van der Waals surface area contributed by atoms with Crippen molar-refractivity contribution in [3.8, 4) is 0 Å². The molecule has 0 radical (unpaired) electrons. The van der Waals surface area contributed by atoms with Crippen LogP contribution >= 0.6 is 11.3 Å². The molecule has 0 unspecified atom stereocenters. The van der Waals surface area contributed by atoms with Crippen LogP contribution in [0.25, 0.3) is 0 Å². The molecular weight excluding hydrogens is 242 g/mol. The number of rotatable bonds is 6. The van der Waals surface area contributed by atoms with Crippen molar-refractivity contribution in [3.05, 3.63) is 21.9 Å². The van der Waals surface area contributed by atoms with Gasteiger partial charge in [-0.3, -0.25) is 4.90 Å². The van der Waals surface area contributed by atoms with Crippen LogP contribution in [0.4, 0.5) is 0 Å². The minimum Gasteiger partial charge on any atom is -0.326 e. The molecule has 1 aliphatic carbocycles. The number of hydrogen-bond donors (Lipinski definition) is 1. The van der Waals surface area contributed by atoms with Crippen LogP contribution in [0, 0.1) is 0 Å². The highest BCUT2D eigenvalue weighted by molar-refractivity contribution is 7.11. The Morgan fingerprint density at radius 2 is 1.89 bits per heavy atom. The predicted octanol–water partition coefficient (Wildman–Crippen LogP) is 2.12. The number of likely N-dealkylation sites (N-methyl/N-ethyl adjacent to an activating group) is 2. The first-order valence-corrected chi connectivity index (χ1v) is 7.51. The normalized spacial score (nSPS) is 18.3. The Balaban J connectivity index is 1.90. The second kappa shape index (κ2) is 5.70. The Kier molecular flexibility index (Phi) is 4.43. The molecular formula is C14H25N3S. The highest BCUT2D eigenvalue weighted by atomic mass is 32.1. The summed E-state index contributed by atoms with van der Waals surface area (Å²) < 4.78 is 0. The number of nitrogens with zero attached hydrogens (tertiary/aromatic N) is 2. The van der Waals surface area contributed by atoms with Crippen molar-refractivity contribution in [2.45, 2.75) is 37.9 Å². The van der Waals surface area contributed by atoms with Gasteiger partial charge in [-0.1, -0.05) is 0 Å².